The molecule has 1 rings (SSSR count). The van der Waals surface area contributed by atoms with E-state index in [9.17, 15) is 8.60 Å². The van der Waals surface area contributed by atoms with E-state index in [1.165, 1.54) is 18.2 Å². The van der Waals surface area contributed by atoms with Crippen LogP contribution in [0, 0.1) is 5.82 Å². The minimum Gasteiger partial charge on any atom is -0.398 e. The summed E-state index contributed by atoms with van der Waals surface area (Å²) in [7, 11) is -1.16. The van der Waals surface area contributed by atoms with Crippen LogP contribution >= 0.6 is 0 Å². The first-order valence-electron chi connectivity index (χ1n) is 5.74. The van der Waals surface area contributed by atoms with Gasteiger partial charge in [0.2, 0.25) is 0 Å². The molecule has 17 heavy (non-hydrogen) atoms. The zero-order valence-electron chi connectivity index (χ0n) is 10.3. The first-order valence-corrected chi connectivity index (χ1v) is 7.06. The summed E-state index contributed by atoms with van der Waals surface area (Å²) in [4.78, 5) is 2.72. The lowest BCUT2D eigenvalue weighted by Crippen LogP contribution is -2.27. The number of nitrogens with zero attached hydrogens (tertiary/aromatic N) is 1. The summed E-state index contributed by atoms with van der Waals surface area (Å²) >= 11 is 0. The molecule has 0 aliphatic carbocycles. The molecule has 3 nitrogen and oxygen atoms in total. The Labute approximate surface area is 104 Å². The van der Waals surface area contributed by atoms with Gasteiger partial charge in [0.05, 0.1) is 21.4 Å². The zero-order valence-corrected chi connectivity index (χ0v) is 11.1. The lowest BCUT2D eigenvalue weighted by molar-refractivity contribution is 0.323. The zero-order chi connectivity index (χ0) is 12.8. The van der Waals surface area contributed by atoms with Crippen molar-refractivity contribution in [2.24, 2.45) is 0 Å². The molecule has 1 aromatic carbocycles. The van der Waals surface area contributed by atoms with Gasteiger partial charge in [0, 0.05) is 12.3 Å². The lowest BCUT2D eigenvalue weighted by Gasteiger charge is -2.17. The highest BCUT2D eigenvalue weighted by Crippen LogP contribution is 2.17. The number of rotatable bonds is 6. The van der Waals surface area contributed by atoms with Crippen LogP contribution in [0.2, 0.25) is 0 Å². The fourth-order valence-electron chi connectivity index (χ4n) is 1.59. The highest BCUT2D eigenvalue weighted by molar-refractivity contribution is 7.85. The Morgan fingerprint density at radius 2 is 2.00 bits per heavy atom. The van der Waals surface area contributed by atoms with E-state index in [1.54, 1.807) is 0 Å². The Hall–Kier alpha value is -0.940. The number of benzene rings is 1. The smallest absolute Gasteiger partial charge is 0.125 e. The van der Waals surface area contributed by atoms with Crippen LogP contribution < -0.4 is 5.73 Å². The summed E-state index contributed by atoms with van der Waals surface area (Å²) in [6.45, 7) is 6.77. The maximum absolute atomic E-state index is 12.8. The van der Waals surface area contributed by atoms with Gasteiger partial charge in [-0.15, -0.1) is 0 Å². The molecule has 0 aliphatic heterocycles. The van der Waals surface area contributed by atoms with E-state index in [2.05, 4.69) is 18.7 Å². The minimum atomic E-state index is -1.16. The van der Waals surface area contributed by atoms with Crippen molar-refractivity contribution in [2.75, 3.05) is 31.1 Å². The standard InChI is InChI=1S/C12H19FN2OS/c1-3-15(4-2)7-8-17(16)12-6-5-10(13)9-11(12)14/h5-6,9H,3-4,7-8,14H2,1-2H3. The predicted octanol–water partition coefficient (Wildman–Crippen LogP) is 1.86. The van der Waals surface area contributed by atoms with Gasteiger partial charge in [-0.3, -0.25) is 4.21 Å². The molecule has 0 spiro atoms. The largest absolute Gasteiger partial charge is 0.398 e. The van der Waals surface area contributed by atoms with Crippen LogP contribution in [0.25, 0.3) is 0 Å². The predicted molar refractivity (Wildman–Crippen MR) is 69.9 cm³/mol. The molecule has 96 valence electrons. The van der Waals surface area contributed by atoms with E-state index in [-0.39, 0.29) is 5.69 Å². The maximum Gasteiger partial charge on any atom is 0.125 e. The molecule has 0 saturated carbocycles. The van der Waals surface area contributed by atoms with Gasteiger partial charge in [-0.05, 0) is 31.3 Å². The molecule has 5 heteroatoms. The number of nitrogens with two attached hydrogens (primary N) is 1. The molecule has 0 heterocycles. The second-order valence-electron chi connectivity index (χ2n) is 3.76. The van der Waals surface area contributed by atoms with Crippen molar-refractivity contribution < 1.29 is 8.60 Å². The van der Waals surface area contributed by atoms with Crippen LogP contribution in [0.5, 0.6) is 0 Å². The molecular formula is C12H19FN2OS. The number of hydrogen-bond donors (Lipinski definition) is 1. The number of halogens is 1. The van der Waals surface area contributed by atoms with Crippen molar-refractivity contribution in [3.8, 4) is 0 Å². The van der Waals surface area contributed by atoms with Gasteiger partial charge in [0.1, 0.15) is 5.82 Å². The number of hydrogen-bond acceptors (Lipinski definition) is 3. The highest BCUT2D eigenvalue weighted by Gasteiger charge is 2.10. The monoisotopic (exact) mass is 258 g/mol. The van der Waals surface area contributed by atoms with Crippen LogP contribution in [0.1, 0.15) is 13.8 Å². The fourth-order valence-corrected chi connectivity index (χ4v) is 2.77. The molecule has 2 N–H and O–H groups in total. The first-order chi connectivity index (χ1) is 8.08. The van der Waals surface area contributed by atoms with Crippen LogP contribution in [-0.2, 0) is 10.8 Å². The molecule has 0 amide bonds. The van der Waals surface area contributed by atoms with Gasteiger partial charge in [-0.1, -0.05) is 13.8 Å². The number of nitrogen functional groups attached to an aromatic ring is 1. The summed E-state index contributed by atoms with van der Waals surface area (Å²) < 4.78 is 24.8. The van der Waals surface area contributed by atoms with Gasteiger partial charge in [0.15, 0.2) is 0 Å². The molecular weight excluding hydrogens is 239 g/mol. The topological polar surface area (TPSA) is 46.3 Å². The van der Waals surface area contributed by atoms with Crippen molar-refractivity contribution in [3.05, 3.63) is 24.0 Å². The Morgan fingerprint density at radius 1 is 1.35 bits per heavy atom. The van der Waals surface area contributed by atoms with Crippen molar-refractivity contribution >= 4 is 16.5 Å². The summed E-state index contributed by atoms with van der Waals surface area (Å²) in [6, 6.07) is 4.01. The van der Waals surface area contributed by atoms with Crippen LogP contribution in [0.4, 0.5) is 10.1 Å². The van der Waals surface area contributed by atoms with Gasteiger partial charge in [0.25, 0.3) is 0 Å². The van der Waals surface area contributed by atoms with E-state index < -0.39 is 16.6 Å². The van der Waals surface area contributed by atoms with Gasteiger partial charge >= 0.3 is 0 Å². The average molecular weight is 258 g/mol. The Morgan fingerprint density at radius 3 is 2.53 bits per heavy atom. The number of anilines is 1. The Bertz CT molecular complexity index is 394. The first kappa shape index (κ1) is 14.1. The molecule has 0 aliphatic rings. The van der Waals surface area contributed by atoms with Gasteiger partial charge < -0.3 is 10.6 Å². The van der Waals surface area contributed by atoms with Crippen LogP contribution in [0.15, 0.2) is 23.1 Å². The maximum atomic E-state index is 12.8. The molecule has 1 unspecified atom stereocenters. The second kappa shape index (κ2) is 6.71. The summed E-state index contributed by atoms with van der Waals surface area (Å²) in [5.41, 5.74) is 5.91. The molecule has 0 bridgehead atoms. The molecule has 1 aromatic rings. The summed E-state index contributed by atoms with van der Waals surface area (Å²) in [6.07, 6.45) is 0. The third-order valence-electron chi connectivity index (χ3n) is 2.70. The van der Waals surface area contributed by atoms with Crippen molar-refractivity contribution in [1.82, 2.24) is 4.90 Å². The van der Waals surface area contributed by atoms with Crippen molar-refractivity contribution in [3.63, 3.8) is 0 Å². The average Bonchev–Trinajstić information content (AvgIpc) is 2.30. The summed E-state index contributed by atoms with van der Waals surface area (Å²) in [5, 5.41) is 0. The molecule has 0 aromatic heterocycles. The fraction of sp³-hybridized carbons (Fsp3) is 0.500. The van der Waals surface area contributed by atoms with Crippen LogP contribution in [-0.4, -0.2) is 34.5 Å². The lowest BCUT2D eigenvalue weighted by atomic mass is 10.3. The Kier molecular flexibility index (Phi) is 5.58. The van der Waals surface area contributed by atoms with E-state index in [0.717, 1.165) is 19.6 Å². The van der Waals surface area contributed by atoms with E-state index >= 15 is 0 Å². The normalized spacial score (nSPS) is 12.9. The summed E-state index contributed by atoms with van der Waals surface area (Å²) in [5.74, 6) is 0.129. The third-order valence-corrected chi connectivity index (χ3v) is 4.12. The molecule has 1 atom stereocenters. The van der Waals surface area contributed by atoms with Crippen LogP contribution in [0.3, 0.4) is 0 Å². The third kappa shape index (κ3) is 4.09. The van der Waals surface area contributed by atoms with E-state index in [0.29, 0.717) is 10.6 Å². The Balaban J connectivity index is 2.64. The highest BCUT2D eigenvalue weighted by atomic mass is 32.2. The second-order valence-corrected chi connectivity index (χ2v) is 5.30. The minimum absolute atomic E-state index is 0.267. The van der Waals surface area contributed by atoms with E-state index in [4.69, 9.17) is 5.73 Å². The molecule has 0 fully saturated rings. The SMILES string of the molecule is CCN(CC)CCS(=O)c1ccc(F)cc1N. The van der Waals surface area contributed by atoms with Gasteiger partial charge in [-0.25, -0.2) is 4.39 Å². The molecule has 0 saturated heterocycles. The van der Waals surface area contributed by atoms with Crippen molar-refractivity contribution in [2.45, 2.75) is 18.7 Å². The van der Waals surface area contributed by atoms with Gasteiger partial charge in [-0.2, -0.15) is 0 Å². The van der Waals surface area contributed by atoms with E-state index in [1.807, 2.05) is 0 Å². The van der Waals surface area contributed by atoms with Crippen molar-refractivity contribution in [1.29, 1.82) is 0 Å². The quantitative estimate of drug-likeness (QED) is 0.792. The molecule has 0 radical (unpaired) electrons.